The van der Waals surface area contributed by atoms with Gasteiger partial charge >= 0.3 is 0 Å². The smallest absolute Gasteiger partial charge is 0.225 e. The number of fused-ring (bicyclic) bond motifs is 5. The second kappa shape index (κ2) is 4.66. The maximum atomic E-state index is 6.13. The van der Waals surface area contributed by atoms with E-state index >= 15 is 0 Å². The van der Waals surface area contributed by atoms with Gasteiger partial charge in [0, 0.05) is 20.9 Å². The van der Waals surface area contributed by atoms with Crippen LogP contribution in [0.2, 0.25) is 0 Å². The van der Waals surface area contributed by atoms with E-state index in [9.17, 15) is 0 Å². The number of hydrogen-bond donors (Lipinski definition) is 0. The molecule has 1 aliphatic carbocycles. The molecule has 2 aromatic heterocycles. The number of rotatable bonds is 2. The van der Waals surface area contributed by atoms with Crippen molar-refractivity contribution in [1.82, 2.24) is 0 Å². The highest BCUT2D eigenvalue weighted by Crippen LogP contribution is 2.59. The van der Waals surface area contributed by atoms with Gasteiger partial charge in [-0.05, 0) is 24.0 Å². The lowest BCUT2D eigenvalue weighted by molar-refractivity contribution is -0.126. The lowest BCUT2D eigenvalue weighted by atomic mass is 10.0. The van der Waals surface area contributed by atoms with Gasteiger partial charge in [0.1, 0.15) is 0 Å². The van der Waals surface area contributed by atoms with Gasteiger partial charge in [0.15, 0.2) is 0 Å². The monoisotopic (exact) mass is 320 g/mol. The zero-order valence-electron chi connectivity index (χ0n) is 12.9. The van der Waals surface area contributed by atoms with Crippen molar-refractivity contribution >= 4 is 22.7 Å². The van der Waals surface area contributed by atoms with Crippen LogP contribution in [0.15, 0.2) is 12.1 Å². The Kier molecular flexibility index (Phi) is 3.09. The molecule has 0 saturated carbocycles. The van der Waals surface area contributed by atoms with Crippen LogP contribution in [-0.4, -0.2) is 13.2 Å². The Balaban J connectivity index is 1.94. The average molecular weight is 320 g/mol. The fraction of sp³-hybridized carbons (Fsp3) is 0.529. The summed E-state index contributed by atoms with van der Waals surface area (Å²) in [6.45, 7) is 10.4. The van der Waals surface area contributed by atoms with E-state index in [0.29, 0.717) is 25.0 Å². The predicted octanol–water partition coefficient (Wildman–Crippen LogP) is 5.28. The van der Waals surface area contributed by atoms with Crippen LogP contribution < -0.4 is 0 Å². The van der Waals surface area contributed by atoms with Crippen LogP contribution in [0.1, 0.15) is 60.4 Å². The molecule has 4 rings (SSSR count). The Morgan fingerprint density at radius 2 is 1.29 bits per heavy atom. The number of thiophene rings is 2. The van der Waals surface area contributed by atoms with Gasteiger partial charge < -0.3 is 9.47 Å². The van der Waals surface area contributed by atoms with Crippen molar-refractivity contribution in [3.8, 4) is 9.75 Å². The van der Waals surface area contributed by atoms with Crippen molar-refractivity contribution < 1.29 is 9.47 Å². The normalized spacial score (nSPS) is 19.0. The molecular weight excluding hydrogens is 300 g/mol. The van der Waals surface area contributed by atoms with Crippen LogP contribution in [0, 0.1) is 0 Å². The minimum absolute atomic E-state index is 0.548. The fourth-order valence-electron chi connectivity index (χ4n) is 3.08. The van der Waals surface area contributed by atoms with E-state index in [4.69, 9.17) is 9.47 Å². The molecule has 0 N–H and O–H groups in total. The van der Waals surface area contributed by atoms with Gasteiger partial charge in [0.2, 0.25) is 5.79 Å². The molecule has 1 aliphatic heterocycles. The van der Waals surface area contributed by atoms with Gasteiger partial charge in [0.05, 0.1) is 23.0 Å². The molecule has 1 saturated heterocycles. The Morgan fingerprint density at radius 3 is 1.67 bits per heavy atom. The number of ether oxygens (including phenoxy) is 2. The molecule has 0 atom stereocenters. The summed E-state index contributed by atoms with van der Waals surface area (Å²) >= 11 is 3.82. The standard InChI is InChI=1S/C17H20O2S2/c1-9(2)13-7-11-15(20-13)16-12(8-14(21-16)10(3)4)17(11)18-5-6-19-17/h7-10H,5-6H2,1-4H3. The number of hydrogen-bond acceptors (Lipinski definition) is 4. The Hall–Kier alpha value is -0.680. The summed E-state index contributed by atoms with van der Waals surface area (Å²) in [6, 6.07) is 4.61. The van der Waals surface area contributed by atoms with Crippen molar-refractivity contribution in [3.05, 3.63) is 33.0 Å². The molecule has 0 bridgehead atoms. The third-order valence-corrected chi connectivity index (χ3v) is 7.29. The molecule has 0 unspecified atom stereocenters. The third-order valence-electron chi connectivity index (χ3n) is 4.25. The molecule has 2 aliphatic rings. The summed E-state index contributed by atoms with van der Waals surface area (Å²) in [5, 5.41) is 0. The van der Waals surface area contributed by atoms with Crippen LogP contribution >= 0.6 is 22.7 Å². The lowest BCUT2D eigenvalue weighted by Crippen LogP contribution is -2.25. The van der Waals surface area contributed by atoms with Crippen LogP contribution in [-0.2, 0) is 15.3 Å². The van der Waals surface area contributed by atoms with Crippen LogP contribution in [0.3, 0.4) is 0 Å². The van der Waals surface area contributed by atoms with Gasteiger partial charge in [-0.15, -0.1) is 22.7 Å². The second-order valence-electron chi connectivity index (χ2n) is 6.41. The summed E-state index contributed by atoms with van der Waals surface area (Å²) < 4.78 is 12.3. The van der Waals surface area contributed by atoms with Crippen molar-refractivity contribution in [2.45, 2.75) is 45.3 Å². The predicted molar refractivity (Wildman–Crippen MR) is 88.5 cm³/mol. The molecule has 2 nitrogen and oxygen atoms in total. The zero-order valence-corrected chi connectivity index (χ0v) is 14.5. The first-order valence-electron chi connectivity index (χ1n) is 7.59. The summed E-state index contributed by atoms with van der Waals surface area (Å²) in [5.41, 5.74) is 2.48. The topological polar surface area (TPSA) is 18.5 Å². The third kappa shape index (κ3) is 1.83. The first-order valence-corrected chi connectivity index (χ1v) is 9.23. The minimum atomic E-state index is -0.613. The Morgan fingerprint density at radius 1 is 0.857 bits per heavy atom. The Bertz CT molecular complexity index is 633. The zero-order chi connectivity index (χ0) is 14.8. The molecule has 21 heavy (non-hydrogen) atoms. The molecule has 0 amide bonds. The van der Waals surface area contributed by atoms with Crippen LogP contribution in [0.4, 0.5) is 0 Å². The second-order valence-corrected chi connectivity index (χ2v) is 8.57. The van der Waals surface area contributed by atoms with Gasteiger partial charge in [-0.1, -0.05) is 27.7 Å². The van der Waals surface area contributed by atoms with E-state index in [1.165, 1.54) is 30.6 Å². The van der Waals surface area contributed by atoms with Crippen molar-refractivity contribution in [1.29, 1.82) is 0 Å². The van der Waals surface area contributed by atoms with Gasteiger partial charge in [-0.3, -0.25) is 0 Å². The first kappa shape index (κ1) is 13.9. The maximum Gasteiger partial charge on any atom is 0.225 e. The summed E-state index contributed by atoms with van der Waals surface area (Å²) in [7, 11) is 0. The first-order chi connectivity index (χ1) is 10.0. The molecule has 2 aromatic rings. The SMILES string of the molecule is CC(C)c1cc2c(s1)-c1sc(C(C)C)cc1C21OCCO1. The van der Waals surface area contributed by atoms with E-state index in [1.54, 1.807) is 0 Å². The highest BCUT2D eigenvalue weighted by molar-refractivity contribution is 7.22. The maximum absolute atomic E-state index is 6.13. The van der Waals surface area contributed by atoms with E-state index in [2.05, 4.69) is 39.8 Å². The lowest BCUT2D eigenvalue weighted by Gasteiger charge is -2.23. The van der Waals surface area contributed by atoms with Crippen LogP contribution in [0.25, 0.3) is 9.75 Å². The molecular formula is C17H20O2S2. The largest absolute Gasteiger partial charge is 0.340 e. The summed E-state index contributed by atoms with van der Waals surface area (Å²) in [4.78, 5) is 5.58. The molecule has 4 heteroatoms. The van der Waals surface area contributed by atoms with Crippen LogP contribution in [0.5, 0.6) is 0 Å². The van der Waals surface area contributed by atoms with Crippen molar-refractivity contribution in [2.24, 2.45) is 0 Å². The molecule has 1 spiro atoms. The van der Waals surface area contributed by atoms with E-state index < -0.39 is 5.79 Å². The molecule has 112 valence electrons. The van der Waals surface area contributed by atoms with E-state index in [0.717, 1.165) is 0 Å². The summed E-state index contributed by atoms with van der Waals surface area (Å²) in [6.07, 6.45) is 0. The Labute approximate surface area is 133 Å². The molecule has 0 radical (unpaired) electrons. The van der Waals surface area contributed by atoms with E-state index in [-0.39, 0.29) is 0 Å². The molecule has 3 heterocycles. The summed E-state index contributed by atoms with van der Waals surface area (Å²) in [5.74, 6) is 0.483. The van der Waals surface area contributed by atoms with Gasteiger partial charge in [-0.2, -0.15) is 0 Å². The van der Waals surface area contributed by atoms with Gasteiger partial charge in [-0.25, -0.2) is 0 Å². The fourth-order valence-corrected chi connectivity index (χ4v) is 5.64. The van der Waals surface area contributed by atoms with Crippen molar-refractivity contribution in [2.75, 3.05) is 13.2 Å². The van der Waals surface area contributed by atoms with Gasteiger partial charge in [0.25, 0.3) is 0 Å². The average Bonchev–Trinajstić information content (AvgIpc) is 3.17. The van der Waals surface area contributed by atoms with E-state index in [1.807, 2.05) is 22.7 Å². The molecule has 1 fully saturated rings. The minimum Gasteiger partial charge on any atom is -0.340 e. The molecule has 0 aromatic carbocycles. The highest BCUT2D eigenvalue weighted by Gasteiger charge is 2.51. The highest BCUT2D eigenvalue weighted by atomic mass is 32.1. The van der Waals surface area contributed by atoms with Crippen molar-refractivity contribution in [3.63, 3.8) is 0 Å². The quantitative estimate of drug-likeness (QED) is 0.749.